The standard InChI is InChI=1S/C18H15ClFN3O/c1-12-16(19)3-2-4-17(12)23-18(24)14(9-21)11-22-10-13-5-7-15(20)8-6-13/h2-8,11,22H,10H2,1H3,(H,23,24)/b14-11-. The van der Waals surface area contributed by atoms with Gasteiger partial charge in [0.1, 0.15) is 17.5 Å². The van der Waals surface area contributed by atoms with Gasteiger partial charge in [0.25, 0.3) is 5.91 Å². The fraction of sp³-hybridized carbons (Fsp3) is 0.111. The highest BCUT2D eigenvalue weighted by atomic mass is 35.5. The van der Waals surface area contributed by atoms with E-state index in [2.05, 4.69) is 10.6 Å². The number of hydrogen-bond donors (Lipinski definition) is 2. The maximum absolute atomic E-state index is 12.8. The number of carbonyl (C=O) groups excluding carboxylic acids is 1. The van der Waals surface area contributed by atoms with Gasteiger partial charge in [-0.05, 0) is 42.3 Å². The van der Waals surface area contributed by atoms with Crippen LogP contribution in [-0.2, 0) is 11.3 Å². The van der Waals surface area contributed by atoms with Crippen LogP contribution >= 0.6 is 11.6 Å². The summed E-state index contributed by atoms with van der Waals surface area (Å²) in [6.45, 7) is 2.15. The van der Waals surface area contributed by atoms with Gasteiger partial charge in [-0.25, -0.2) is 4.39 Å². The molecule has 122 valence electrons. The highest BCUT2D eigenvalue weighted by Gasteiger charge is 2.11. The number of nitrogens with zero attached hydrogens (tertiary/aromatic N) is 1. The van der Waals surface area contributed by atoms with Crippen molar-refractivity contribution in [1.29, 1.82) is 5.26 Å². The van der Waals surface area contributed by atoms with Gasteiger partial charge in [-0.1, -0.05) is 29.8 Å². The third kappa shape index (κ3) is 4.58. The van der Waals surface area contributed by atoms with E-state index in [9.17, 15) is 9.18 Å². The van der Waals surface area contributed by atoms with Gasteiger partial charge in [0.2, 0.25) is 0 Å². The minimum absolute atomic E-state index is 0.0727. The molecule has 0 bridgehead atoms. The lowest BCUT2D eigenvalue weighted by molar-refractivity contribution is -0.112. The minimum Gasteiger partial charge on any atom is -0.386 e. The fourth-order valence-corrected chi connectivity index (χ4v) is 2.13. The predicted octanol–water partition coefficient (Wildman–Crippen LogP) is 3.92. The lowest BCUT2D eigenvalue weighted by atomic mass is 10.2. The van der Waals surface area contributed by atoms with E-state index in [4.69, 9.17) is 16.9 Å². The van der Waals surface area contributed by atoms with Gasteiger partial charge in [0.05, 0.1) is 0 Å². The molecule has 0 atom stereocenters. The quantitative estimate of drug-likeness (QED) is 0.638. The summed E-state index contributed by atoms with van der Waals surface area (Å²) in [6.07, 6.45) is 1.33. The number of hydrogen-bond acceptors (Lipinski definition) is 3. The smallest absolute Gasteiger partial charge is 0.267 e. The first-order chi connectivity index (χ1) is 11.5. The van der Waals surface area contributed by atoms with Crippen LogP contribution in [0.4, 0.5) is 10.1 Å². The molecule has 24 heavy (non-hydrogen) atoms. The van der Waals surface area contributed by atoms with Gasteiger partial charge >= 0.3 is 0 Å². The number of benzene rings is 2. The second-order valence-electron chi connectivity index (χ2n) is 5.04. The normalized spacial score (nSPS) is 10.8. The summed E-state index contributed by atoms with van der Waals surface area (Å²) in [7, 11) is 0. The van der Waals surface area contributed by atoms with E-state index in [0.717, 1.165) is 11.1 Å². The molecule has 0 saturated heterocycles. The van der Waals surface area contributed by atoms with E-state index >= 15 is 0 Å². The molecule has 2 aromatic carbocycles. The summed E-state index contributed by atoms with van der Waals surface area (Å²) < 4.78 is 12.8. The lowest BCUT2D eigenvalue weighted by Crippen LogP contribution is -2.17. The molecule has 2 rings (SSSR count). The lowest BCUT2D eigenvalue weighted by Gasteiger charge is -2.09. The number of nitriles is 1. The van der Waals surface area contributed by atoms with Crippen LogP contribution in [0.15, 0.2) is 54.2 Å². The number of amides is 1. The summed E-state index contributed by atoms with van der Waals surface area (Å²) in [4.78, 5) is 12.2. The third-order valence-corrected chi connectivity index (χ3v) is 3.76. The summed E-state index contributed by atoms with van der Waals surface area (Å²) in [5.41, 5.74) is 2.03. The van der Waals surface area contributed by atoms with Crippen molar-refractivity contribution in [2.45, 2.75) is 13.5 Å². The van der Waals surface area contributed by atoms with E-state index in [-0.39, 0.29) is 11.4 Å². The molecule has 0 aliphatic rings. The van der Waals surface area contributed by atoms with Gasteiger partial charge in [0.15, 0.2) is 0 Å². The van der Waals surface area contributed by atoms with E-state index < -0.39 is 5.91 Å². The zero-order chi connectivity index (χ0) is 17.5. The van der Waals surface area contributed by atoms with Gasteiger partial charge in [-0.2, -0.15) is 5.26 Å². The van der Waals surface area contributed by atoms with Crippen LogP contribution in [0.5, 0.6) is 0 Å². The average Bonchev–Trinajstić information content (AvgIpc) is 2.57. The Hall–Kier alpha value is -2.84. The van der Waals surface area contributed by atoms with Gasteiger partial charge in [0, 0.05) is 23.5 Å². The molecule has 0 unspecified atom stereocenters. The molecule has 0 fully saturated rings. The highest BCUT2D eigenvalue weighted by Crippen LogP contribution is 2.23. The Balaban J connectivity index is 2.01. The van der Waals surface area contributed by atoms with E-state index in [1.165, 1.54) is 18.3 Å². The summed E-state index contributed by atoms with van der Waals surface area (Å²) in [5, 5.41) is 15.2. The largest absolute Gasteiger partial charge is 0.386 e. The molecular weight excluding hydrogens is 329 g/mol. The minimum atomic E-state index is -0.533. The molecule has 0 aliphatic carbocycles. The first kappa shape index (κ1) is 17.5. The molecular formula is C18H15ClFN3O. The maximum atomic E-state index is 12.8. The number of carbonyl (C=O) groups is 1. The summed E-state index contributed by atoms with van der Waals surface area (Å²) >= 11 is 6.00. The molecule has 0 heterocycles. The van der Waals surface area contributed by atoms with Crippen LogP contribution in [0.25, 0.3) is 0 Å². The zero-order valence-electron chi connectivity index (χ0n) is 12.9. The Labute approximate surface area is 144 Å². The van der Waals surface area contributed by atoms with Crippen molar-refractivity contribution in [3.05, 3.63) is 76.2 Å². The molecule has 6 heteroatoms. The molecule has 0 radical (unpaired) electrons. The summed E-state index contributed by atoms with van der Waals surface area (Å²) in [5.74, 6) is -0.849. The fourth-order valence-electron chi connectivity index (χ4n) is 1.95. The Morgan fingerprint density at radius 1 is 1.29 bits per heavy atom. The van der Waals surface area contributed by atoms with Crippen LogP contribution < -0.4 is 10.6 Å². The SMILES string of the molecule is Cc1c(Cl)cccc1NC(=O)/C(C#N)=C\NCc1ccc(F)cc1. The first-order valence-electron chi connectivity index (χ1n) is 7.16. The second kappa shape index (κ2) is 8.14. The van der Waals surface area contributed by atoms with Crippen molar-refractivity contribution in [3.63, 3.8) is 0 Å². The summed E-state index contributed by atoms with van der Waals surface area (Å²) in [6, 6.07) is 12.9. The van der Waals surface area contributed by atoms with E-state index in [1.807, 2.05) is 6.07 Å². The third-order valence-electron chi connectivity index (χ3n) is 3.35. The van der Waals surface area contributed by atoms with Crippen molar-refractivity contribution in [2.24, 2.45) is 0 Å². The zero-order valence-corrected chi connectivity index (χ0v) is 13.7. The van der Waals surface area contributed by atoms with Crippen molar-refractivity contribution in [3.8, 4) is 6.07 Å². The molecule has 0 spiro atoms. The predicted molar refractivity (Wildman–Crippen MR) is 91.8 cm³/mol. The number of halogens is 2. The van der Waals surface area contributed by atoms with Crippen LogP contribution in [0.3, 0.4) is 0 Å². The van der Waals surface area contributed by atoms with Crippen LogP contribution in [0.1, 0.15) is 11.1 Å². The van der Waals surface area contributed by atoms with E-state index in [1.54, 1.807) is 37.3 Å². The Morgan fingerprint density at radius 3 is 2.67 bits per heavy atom. The van der Waals surface area contributed by atoms with Crippen LogP contribution in [0.2, 0.25) is 5.02 Å². The highest BCUT2D eigenvalue weighted by molar-refractivity contribution is 6.31. The van der Waals surface area contributed by atoms with Crippen molar-refractivity contribution in [2.75, 3.05) is 5.32 Å². The molecule has 2 aromatic rings. The van der Waals surface area contributed by atoms with Crippen molar-refractivity contribution >= 4 is 23.2 Å². The first-order valence-corrected chi connectivity index (χ1v) is 7.53. The number of nitrogens with one attached hydrogen (secondary N) is 2. The van der Waals surface area contributed by atoms with Crippen molar-refractivity contribution < 1.29 is 9.18 Å². The maximum Gasteiger partial charge on any atom is 0.267 e. The molecule has 0 saturated carbocycles. The molecule has 4 nitrogen and oxygen atoms in total. The van der Waals surface area contributed by atoms with E-state index in [0.29, 0.717) is 17.3 Å². The van der Waals surface area contributed by atoms with Crippen molar-refractivity contribution in [1.82, 2.24) is 5.32 Å². The van der Waals surface area contributed by atoms with Gasteiger partial charge in [-0.3, -0.25) is 4.79 Å². The topological polar surface area (TPSA) is 64.9 Å². The van der Waals surface area contributed by atoms with Gasteiger partial charge in [-0.15, -0.1) is 0 Å². The number of anilines is 1. The van der Waals surface area contributed by atoms with Crippen LogP contribution in [0, 0.1) is 24.1 Å². The molecule has 1 amide bonds. The second-order valence-corrected chi connectivity index (χ2v) is 5.45. The molecule has 0 aliphatic heterocycles. The Bertz CT molecular complexity index is 810. The number of rotatable bonds is 5. The average molecular weight is 344 g/mol. The molecule has 0 aromatic heterocycles. The van der Waals surface area contributed by atoms with Gasteiger partial charge < -0.3 is 10.6 Å². The Kier molecular flexibility index (Phi) is 5.94. The monoisotopic (exact) mass is 343 g/mol. The molecule has 2 N–H and O–H groups in total. The Morgan fingerprint density at radius 2 is 2.00 bits per heavy atom. The van der Waals surface area contributed by atoms with Crippen LogP contribution in [-0.4, -0.2) is 5.91 Å².